The molecule has 0 fully saturated rings. The van der Waals surface area contributed by atoms with Gasteiger partial charge in [-0.25, -0.2) is 0 Å². The average molecular weight is 325 g/mol. The van der Waals surface area contributed by atoms with Gasteiger partial charge in [0, 0.05) is 22.9 Å². The summed E-state index contributed by atoms with van der Waals surface area (Å²) in [5.41, 5.74) is 4.02. The van der Waals surface area contributed by atoms with Crippen LogP contribution in [0.4, 0.5) is 0 Å². The maximum atomic E-state index is 11.3. The highest BCUT2D eigenvalue weighted by Gasteiger charge is 2.29. The van der Waals surface area contributed by atoms with Crippen molar-refractivity contribution in [2.75, 3.05) is 0 Å². The molecule has 118 valence electrons. The van der Waals surface area contributed by atoms with E-state index in [4.69, 9.17) is 0 Å². The van der Waals surface area contributed by atoms with Crippen LogP contribution in [0, 0.1) is 25.7 Å². The molecule has 1 N–H and O–H groups in total. The van der Waals surface area contributed by atoms with Crippen molar-refractivity contribution in [1.29, 1.82) is 0 Å². The van der Waals surface area contributed by atoms with E-state index in [1.54, 1.807) is 32.3 Å². The molecule has 1 aromatic heterocycles. The van der Waals surface area contributed by atoms with Gasteiger partial charge in [-0.3, -0.25) is 9.78 Å². The summed E-state index contributed by atoms with van der Waals surface area (Å²) < 4.78 is -0.919. The highest BCUT2D eigenvalue weighted by atomic mass is 32.2. The van der Waals surface area contributed by atoms with E-state index in [9.17, 15) is 9.90 Å². The normalized spacial score (nSPS) is 10.8. The first-order valence-electron chi connectivity index (χ1n) is 7.25. The van der Waals surface area contributed by atoms with Gasteiger partial charge in [-0.15, -0.1) is 11.8 Å². The van der Waals surface area contributed by atoms with Gasteiger partial charge in [0.25, 0.3) is 0 Å². The molecule has 0 aliphatic carbocycles. The molecule has 1 heterocycles. The summed E-state index contributed by atoms with van der Waals surface area (Å²) in [4.78, 5) is 16.2. The highest BCUT2D eigenvalue weighted by Crippen LogP contribution is 2.34. The Morgan fingerprint density at radius 2 is 1.83 bits per heavy atom. The number of thioether (sulfide) groups is 1. The lowest BCUT2D eigenvalue weighted by Crippen LogP contribution is -2.27. The third-order valence-corrected chi connectivity index (χ3v) is 4.49. The molecule has 4 heteroatoms. The lowest BCUT2D eigenvalue weighted by Gasteiger charge is -2.18. The van der Waals surface area contributed by atoms with Crippen LogP contribution in [0.15, 0.2) is 41.6 Å². The van der Waals surface area contributed by atoms with Gasteiger partial charge in [0.05, 0.1) is 5.56 Å². The molecule has 0 amide bonds. The van der Waals surface area contributed by atoms with E-state index in [-0.39, 0.29) is 0 Å². The van der Waals surface area contributed by atoms with Crippen LogP contribution >= 0.6 is 11.8 Å². The highest BCUT2D eigenvalue weighted by molar-refractivity contribution is 8.01. The smallest absolute Gasteiger partial charge is 0.319 e. The summed E-state index contributed by atoms with van der Waals surface area (Å²) in [5, 5.41) is 9.29. The predicted molar refractivity (Wildman–Crippen MR) is 93.7 cm³/mol. The van der Waals surface area contributed by atoms with E-state index in [1.165, 1.54) is 22.9 Å². The largest absolute Gasteiger partial charge is 0.480 e. The molecule has 2 aromatic rings. The molecule has 0 saturated heterocycles. The number of pyridine rings is 1. The lowest BCUT2D eigenvalue weighted by atomic mass is 10.1. The minimum absolute atomic E-state index is 0.742. The average Bonchev–Trinajstić information content (AvgIpc) is 2.45. The molecule has 0 atom stereocenters. The standard InChI is InChI=1S/C19H19NO2S/c1-13-9-14(2)11-15(10-13)5-6-16-12-20-8-7-17(16)23-19(3,4)18(21)22/h7-12H,1-4H3,(H,21,22). The second kappa shape index (κ2) is 6.89. The van der Waals surface area contributed by atoms with Crippen molar-refractivity contribution in [3.8, 4) is 11.8 Å². The zero-order chi connectivity index (χ0) is 17.0. The summed E-state index contributed by atoms with van der Waals surface area (Å²) in [7, 11) is 0. The Morgan fingerprint density at radius 3 is 2.43 bits per heavy atom. The monoisotopic (exact) mass is 325 g/mol. The Kier molecular flexibility index (Phi) is 5.12. The van der Waals surface area contributed by atoms with E-state index < -0.39 is 10.7 Å². The Hall–Kier alpha value is -2.25. The maximum absolute atomic E-state index is 11.3. The molecular formula is C19H19NO2S. The zero-order valence-electron chi connectivity index (χ0n) is 13.7. The van der Waals surface area contributed by atoms with Crippen LogP contribution in [0.1, 0.15) is 36.1 Å². The number of benzene rings is 1. The zero-order valence-corrected chi connectivity index (χ0v) is 14.5. The summed E-state index contributed by atoms with van der Waals surface area (Å²) in [6, 6.07) is 7.97. The Labute approximate surface area is 141 Å². The van der Waals surface area contributed by atoms with Gasteiger partial charge in [0.1, 0.15) is 4.75 Å². The lowest BCUT2D eigenvalue weighted by molar-refractivity contribution is -0.138. The van der Waals surface area contributed by atoms with E-state index in [0.29, 0.717) is 0 Å². The molecule has 3 nitrogen and oxygen atoms in total. The number of nitrogens with zero attached hydrogens (tertiary/aromatic N) is 1. The van der Waals surface area contributed by atoms with Crippen LogP contribution in [-0.2, 0) is 4.79 Å². The van der Waals surface area contributed by atoms with Crippen molar-refractivity contribution >= 4 is 17.7 Å². The SMILES string of the molecule is Cc1cc(C)cc(C#Cc2cnccc2SC(C)(C)C(=O)O)c1. The molecule has 0 spiro atoms. The van der Waals surface area contributed by atoms with Gasteiger partial charge in [-0.2, -0.15) is 0 Å². The fourth-order valence-corrected chi connectivity index (χ4v) is 3.05. The van der Waals surface area contributed by atoms with Crippen molar-refractivity contribution in [3.63, 3.8) is 0 Å². The van der Waals surface area contributed by atoms with Gasteiger partial charge in [-0.05, 0) is 57.0 Å². The summed E-state index contributed by atoms with van der Waals surface area (Å²) >= 11 is 1.28. The van der Waals surface area contributed by atoms with Crippen molar-refractivity contribution < 1.29 is 9.90 Å². The van der Waals surface area contributed by atoms with Crippen LogP contribution in [0.5, 0.6) is 0 Å². The fraction of sp³-hybridized carbons (Fsp3) is 0.263. The van der Waals surface area contributed by atoms with Crippen molar-refractivity contribution in [2.45, 2.75) is 37.3 Å². The first-order chi connectivity index (χ1) is 10.8. The van der Waals surface area contributed by atoms with Gasteiger partial charge < -0.3 is 5.11 Å². The molecule has 0 aliphatic heterocycles. The van der Waals surface area contributed by atoms with E-state index in [1.807, 2.05) is 26.0 Å². The molecule has 0 unspecified atom stereocenters. The van der Waals surface area contributed by atoms with Crippen LogP contribution < -0.4 is 0 Å². The van der Waals surface area contributed by atoms with Crippen LogP contribution in [0.25, 0.3) is 0 Å². The number of aryl methyl sites for hydroxylation is 2. The van der Waals surface area contributed by atoms with E-state index >= 15 is 0 Å². The third-order valence-electron chi connectivity index (χ3n) is 3.22. The number of carboxylic acid groups (broad SMARTS) is 1. The second-order valence-electron chi connectivity index (χ2n) is 5.92. The summed E-state index contributed by atoms with van der Waals surface area (Å²) in [6.07, 6.45) is 3.33. The summed E-state index contributed by atoms with van der Waals surface area (Å²) in [6.45, 7) is 7.45. The van der Waals surface area contributed by atoms with E-state index in [0.717, 1.165) is 16.0 Å². The van der Waals surface area contributed by atoms with Gasteiger partial charge >= 0.3 is 5.97 Å². The van der Waals surface area contributed by atoms with Crippen molar-refractivity contribution in [2.24, 2.45) is 0 Å². The third kappa shape index (κ3) is 4.61. The van der Waals surface area contributed by atoms with Gasteiger partial charge in [-0.1, -0.05) is 17.9 Å². The molecule has 0 bridgehead atoms. The molecule has 0 radical (unpaired) electrons. The van der Waals surface area contributed by atoms with Gasteiger partial charge in [0.15, 0.2) is 0 Å². The van der Waals surface area contributed by atoms with Crippen LogP contribution in [-0.4, -0.2) is 20.8 Å². The Balaban J connectivity index is 2.35. The molecular weight excluding hydrogens is 306 g/mol. The fourth-order valence-electron chi connectivity index (χ4n) is 2.07. The minimum atomic E-state index is -0.919. The first-order valence-corrected chi connectivity index (χ1v) is 8.06. The maximum Gasteiger partial charge on any atom is 0.319 e. The van der Waals surface area contributed by atoms with Crippen molar-refractivity contribution in [1.82, 2.24) is 4.98 Å². The van der Waals surface area contributed by atoms with Gasteiger partial charge in [0.2, 0.25) is 0 Å². The number of rotatable bonds is 3. The van der Waals surface area contributed by atoms with Crippen molar-refractivity contribution in [3.05, 3.63) is 58.9 Å². The Bertz CT molecular complexity index is 780. The van der Waals surface area contributed by atoms with Crippen LogP contribution in [0.3, 0.4) is 0 Å². The second-order valence-corrected chi connectivity index (χ2v) is 7.58. The number of carbonyl (C=O) groups is 1. The van der Waals surface area contributed by atoms with E-state index in [2.05, 4.69) is 22.9 Å². The Morgan fingerprint density at radius 1 is 1.17 bits per heavy atom. The molecule has 2 rings (SSSR count). The number of carboxylic acids is 1. The topological polar surface area (TPSA) is 50.2 Å². The number of hydrogen-bond donors (Lipinski definition) is 1. The number of hydrogen-bond acceptors (Lipinski definition) is 3. The molecule has 1 aromatic carbocycles. The molecule has 0 saturated carbocycles. The van der Waals surface area contributed by atoms with Crippen LogP contribution in [0.2, 0.25) is 0 Å². The summed E-state index contributed by atoms with van der Waals surface area (Å²) in [5.74, 6) is 5.41. The number of aromatic nitrogens is 1. The minimum Gasteiger partial charge on any atom is -0.480 e. The quantitative estimate of drug-likeness (QED) is 0.683. The number of aliphatic carboxylic acids is 1. The molecule has 23 heavy (non-hydrogen) atoms. The molecule has 0 aliphatic rings. The predicted octanol–water partition coefficient (Wildman–Crippen LogP) is 4.05. The first kappa shape index (κ1) is 17.1.